The lowest BCUT2D eigenvalue weighted by Crippen LogP contribution is -2.49. The molecule has 0 bridgehead atoms. The zero-order valence-electron chi connectivity index (χ0n) is 12.6. The predicted molar refractivity (Wildman–Crippen MR) is 83.8 cm³/mol. The van der Waals surface area contributed by atoms with E-state index in [4.69, 9.17) is 0 Å². The first-order valence-electron chi connectivity index (χ1n) is 7.40. The monoisotopic (exact) mass is 338 g/mol. The average Bonchev–Trinajstić information content (AvgIpc) is 3.03. The van der Waals surface area contributed by atoms with Crippen LogP contribution < -0.4 is 4.90 Å². The van der Waals surface area contributed by atoms with E-state index in [0.29, 0.717) is 26.2 Å². The first-order valence-corrected chi connectivity index (χ1v) is 8.17. The Balaban J connectivity index is 1.65. The van der Waals surface area contributed by atoms with E-state index < -0.39 is 17.5 Å². The van der Waals surface area contributed by atoms with E-state index in [-0.39, 0.29) is 5.56 Å². The van der Waals surface area contributed by atoms with Crippen molar-refractivity contribution in [2.45, 2.75) is 13.3 Å². The molecule has 2 aromatic rings. The van der Waals surface area contributed by atoms with Crippen LogP contribution in [0.3, 0.4) is 0 Å². The summed E-state index contributed by atoms with van der Waals surface area (Å²) in [5, 5.41) is 0.849. The lowest BCUT2D eigenvalue weighted by molar-refractivity contribution is 0.0742. The van der Waals surface area contributed by atoms with E-state index in [1.165, 1.54) is 17.6 Å². The van der Waals surface area contributed by atoms with Crippen LogP contribution in [0, 0.1) is 11.6 Å². The first-order chi connectivity index (χ1) is 11.1. The minimum atomic E-state index is -0.825. The molecule has 0 radical (unpaired) electrons. The third kappa shape index (κ3) is 3.31. The summed E-state index contributed by atoms with van der Waals surface area (Å²) in [6.07, 6.45) is 0.790. The van der Waals surface area contributed by atoms with Crippen LogP contribution in [0.5, 0.6) is 0 Å². The van der Waals surface area contributed by atoms with Gasteiger partial charge < -0.3 is 9.80 Å². The first kappa shape index (κ1) is 15.8. The number of carbonyl (C=O) groups is 1. The molecular weight excluding hydrogens is 322 g/mol. The Hall–Kier alpha value is -2.09. The molecule has 0 saturated carbocycles. The Morgan fingerprint density at radius 1 is 1.26 bits per heavy atom. The number of rotatable bonds is 3. The smallest absolute Gasteiger partial charge is 0.256 e. The zero-order chi connectivity index (χ0) is 16.4. The van der Waals surface area contributed by atoms with Crippen LogP contribution in [0.4, 0.5) is 13.9 Å². The maximum Gasteiger partial charge on any atom is 0.256 e. The molecule has 1 amide bonds. The minimum Gasteiger partial charge on any atom is -0.343 e. The van der Waals surface area contributed by atoms with Gasteiger partial charge in [-0.05, 0) is 12.1 Å². The van der Waals surface area contributed by atoms with Crippen molar-refractivity contribution in [2.75, 3.05) is 31.1 Å². The quantitative estimate of drug-likeness (QED) is 0.862. The van der Waals surface area contributed by atoms with E-state index in [1.807, 2.05) is 6.92 Å². The van der Waals surface area contributed by atoms with Crippen molar-refractivity contribution >= 4 is 22.6 Å². The van der Waals surface area contributed by atoms with Crippen LogP contribution in [0.2, 0.25) is 0 Å². The Morgan fingerprint density at radius 3 is 2.61 bits per heavy atom. The highest BCUT2D eigenvalue weighted by Gasteiger charge is 2.25. The molecule has 0 atom stereocenters. The van der Waals surface area contributed by atoms with Crippen LogP contribution >= 0.6 is 11.5 Å². The van der Waals surface area contributed by atoms with Gasteiger partial charge in [-0.25, -0.2) is 13.8 Å². The molecule has 1 fully saturated rings. The summed E-state index contributed by atoms with van der Waals surface area (Å²) in [7, 11) is 0. The summed E-state index contributed by atoms with van der Waals surface area (Å²) in [4.78, 5) is 20.4. The van der Waals surface area contributed by atoms with Crippen molar-refractivity contribution in [2.24, 2.45) is 0 Å². The van der Waals surface area contributed by atoms with Crippen molar-refractivity contribution < 1.29 is 13.6 Å². The third-order valence-electron chi connectivity index (χ3n) is 3.77. The van der Waals surface area contributed by atoms with E-state index in [9.17, 15) is 13.6 Å². The molecule has 1 aliphatic rings. The van der Waals surface area contributed by atoms with E-state index in [2.05, 4.69) is 14.3 Å². The van der Waals surface area contributed by atoms with Gasteiger partial charge in [-0.3, -0.25) is 4.79 Å². The van der Waals surface area contributed by atoms with Gasteiger partial charge in [0.2, 0.25) is 5.13 Å². The number of benzene rings is 1. The number of amides is 1. The van der Waals surface area contributed by atoms with Gasteiger partial charge in [0.15, 0.2) is 0 Å². The van der Waals surface area contributed by atoms with E-state index >= 15 is 0 Å². The van der Waals surface area contributed by atoms with Crippen molar-refractivity contribution in [1.82, 2.24) is 14.3 Å². The zero-order valence-corrected chi connectivity index (χ0v) is 13.4. The Kier molecular flexibility index (Phi) is 4.51. The van der Waals surface area contributed by atoms with Crippen molar-refractivity contribution in [1.29, 1.82) is 0 Å². The number of anilines is 1. The minimum absolute atomic E-state index is 0.0935. The fraction of sp³-hybridized carbons (Fsp3) is 0.400. The predicted octanol–water partition coefficient (Wildman–Crippen LogP) is 2.34. The lowest BCUT2D eigenvalue weighted by Gasteiger charge is -2.34. The molecule has 2 heterocycles. The average molecular weight is 338 g/mol. The summed E-state index contributed by atoms with van der Waals surface area (Å²) in [5.74, 6) is -1.11. The van der Waals surface area contributed by atoms with E-state index in [1.54, 1.807) is 4.90 Å². The topological polar surface area (TPSA) is 49.3 Å². The summed E-state index contributed by atoms with van der Waals surface area (Å²) in [5.41, 5.74) is -0.0935. The maximum atomic E-state index is 13.7. The van der Waals surface area contributed by atoms with Gasteiger partial charge in [-0.1, -0.05) is 6.92 Å². The number of hydrogen-bond donors (Lipinski definition) is 0. The highest BCUT2D eigenvalue weighted by Crippen LogP contribution is 2.20. The van der Waals surface area contributed by atoms with Crippen LogP contribution in [0.15, 0.2) is 18.2 Å². The second kappa shape index (κ2) is 6.57. The molecule has 5 nitrogen and oxygen atoms in total. The molecule has 1 aromatic carbocycles. The van der Waals surface area contributed by atoms with Gasteiger partial charge >= 0.3 is 0 Å². The van der Waals surface area contributed by atoms with Crippen molar-refractivity contribution in [3.05, 3.63) is 41.2 Å². The number of piperazine rings is 1. The Labute approximate surface area is 136 Å². The molecule has 1 saturated heterocycles. The number of halogens is 2. The standard InChI is InChI=1S/C15H16F2N4OS/c1-2-13-18-15(23-19-13)21-7-5-20(6-8-21)14(22)11-4-3-10(16)9-12(11)17/h3-4,9H,2,5-8H2,1H3. The summed E-state index contributed by atoms with van der Waals surface area (Å²) in [6, 6.07) is 3.02. The fourth-order valence-corrected chi connectivity index (χ4v) is 3.25. The van der Waals surface area contributed by atoms with Crippen LogP contribution in [0.1, 0.15) is 23.1 Å². The summed E-state index contributed by atoms with van der Waals surface area (Å²) >= 11 is 1.35. The molecule has 0 unspecified atom stereocenters. The second-order valence-electron chi connectivity index (χ2n) is 5.25. The second-order valence-corrected chi connectivity index (χ2v) is 5.98. The third-order valence-corrected chi connectivity index (χ3v) is 4.59. The van der Waals surface area contributed by atoms with Gasteiger partial charge in [0.25, 0.3) is 5.91 Å². The molecule has 0 N–H and O–H groups in total. The van der Waals surface area contributed by atoms with Crippen LogP contribution in [-0.2, 0) is 6.42 Å². The summed E-state index contributed by atoms with van der Waals surface area (Å²) < 4.78 is 30.9. The highest BCUT2D eigenvalue weighted by atomic mass is 32.1. The van der Waals surface area contributed by atoms with Crippen LogP contribution in [0.25, 0.3) is 0 Å². The van der Waals surface area contributed by atoms with Gasteiger partial charge in [-0.2, -0.15) is 4.37 Å². The molecule has 3 rings (SSSR count). The molecule has 1 aliphatic heterocycles. The number of aromatic nitrogens is 2. The van der Waals surface area contributed by atoms with Gasteiger partial charge in [-0.15, -0.1) is 0 Å². The van der Waals surface area contributed by atoms with Gasteiger partial charge in [0.1, 0.15) is 17.5 Å². The number of carbonyl (C=O) groups excluding carboxylic acids is 1. The molecule has 122 valence electrons. The largest absolute Gasteiger partial charge is 0.343 e. The van der Waals surface area contributed by atoms with E-state index in [0.717, 1.165) is 29.5 Å². The lowest BCUT2D eigenvalue weighted by atomic mass is 10.1. The van der Waals surface area contributed by atoms with Gasteiger partial charge in [0, 0.05) is 50.2 Å². The molecule has 0 spiro atoms. The summed E-state index contributed by atoms with van der Waals surface area (Å²) in [6.45, 7) is 4.17. The highest BCUT2D eigenvalue weighted by molar-refractivity contribution is 7.09. The number of hydrogen-bond acceptors (Lipinski definition) is 5. The molecule has 8 heteroatoms. The Bertz CT molecular complexity index is 713. The Morgan fingerprint density at radius 2 is 2.00 bits per heavy atom. The fourth-order valence-electron chi connectivity index (χ4n) is 2.45. The normalized spacial score (nSPS) is 15.1. The van der Waals surface area contributed by atoms with Crippen molar-refractivity contribution in [3.63, 3.8) is 0 Å². The molecule has 0 aliphatic carbocycles. The number of aryl methyl sites for hydroxylation is 1. The SMILES string of the molecule is CCc1nsc(N2CCN(C(=O)c3ccc(F)cc3F)CC2)n1. The molecule has 1 aromatic heterocycles. The molecule has 23 heavy (non-hydrogen) atoms. The van der Waals surface area contributed by atoms with Crippen molar-refractivity contribution in [3.8, 4) is 0 Å². The maximum absolute atomic E-state index is 13.7. The number of nitrogens with zero attached hydrogens (tertiary/aromatic N) is 4. The van der Waals surface area contributed by atoms with Gasteiger partial charge in [0.05, 0.1) is 5.56 Å². The van der Waals surface area contributed by atoms with Crippen LogP contribution in [-0.4, -0.2) is 46.3 Å². The molecular formula is C15H16F2N4OS.